The minimum absolute atomic E-state index is 0.484. The smallest absolute Gasteiger partial charge is 0.00903 e. The molecule has 0 amide bonds. The Balaban J connectivity index is 2.55. The van der Waals surface area contributed by atoms with Crippen LogP contribution in [0.4, 0.5) is 0 Å². The molecule has 16 heavy (non-hydrogen) atoms. The Labute approximate surface area is 102 Å². The Morgan fingerprint density at radius 2 is 1.75 bits per heavy atom. The maximum atomic E-state index is 5.90. The Morgan fingerprint density at radius 3 is 2.06 bits per heavy atom. The first kappa shape index (κ1) is 14.0. The molecule has 0 atom stereocenters. The van der Waals surface area contributed by atoms with E-state index in [1.54, 1.807) is 0 Å². The van der Waals surface area contributed by atoms with Crippen LogP contribution in [0.5, 0.6) is 0 Å². The van der Waals surface area contributed by atoms with Crippen LogP contribution in [0.25, 0.3) is 0 Å². The van der Waals surface area contributed by atoms with Crippen LogP contribution in [0.2, 0.25) is 0 Å². The maximum Gasteiger partial charge on any atom is 0.00903 e. The van der Waals surface area contributed by atoms with E-state index in [9.17, 15) is 0 Å². The van der Waals surface area contributed by atoms with Crippen molar-refractivity contribution in [1.82, 2.24) is 4.90 Å². The zero-order valence-electron chi connectivity index (χ0n) is 11.6. The lowest BCUT2D eigenvalue weighted by Gasteiger charge is -2.34. The second kappa shape index (κ2) is 6.02. The highest BCUT2D eigenvalue weighted by Gasteiger charge is 2.43. The van der Waals surface area contributed by atoms with E-state index < -0.39 is 0 Å². The maximum absolute atomic E-state index is 5.90. The molecule has 0 aromatic rings. The first-order valence-electron chi connectivity index (χ1n) is 7.01. The van der Waals surface area contributed by atoms with E-state index in [1.807, 2.05) is 0 Å². The highest BCUT2D eigenvalue weighted by molar-refractivity contribution is 4.97. The second-order valence-corrected chi connectivity index (χ2v) is 6.00. The van der Waals surface area contributed by atoms with Crippen LogP contribution in [-0.2, 0) is 0 Å². The first-order valence-corrected chi connectivity index (χ1v) is 7.01. The monoisotopic (exact) mass is 226 g/mol. The van der Waals surface area contributed by atoms with Gasteiger partial charge in [0.2, 0.25) is 0 Å². The largest absolute Gasteiger partial charge is 0.330 e. The molecule has 1 aliphatic carbocycles. The highest BCUT2D eigenvalue weighted by Crippen LogP contribution is 2.45. The number of nitrogens with two attached hydrogens (primary N) is 1. The summed E-state index contributed by atoms with van der Waals surface area (Å²) < 4.78 is 0. The van der Waals surface area contributed by atoms with E-state index in [1.165, 1.54) is 38.8 Å². The topological polar surface area (TPSA) is 29.3 Å². The van der Waals surface area contributed by atoms with E-state index in [2.05, 4.69) is 32.6 Å². The lowest BCUT2D eigenvalue weighted by Crippen LogP contribution is -2.42. The quantitative estimate of drug-likeness (QED) is 0.689. The molecule has 0 spiro atoms. The van der Waals surface area contributed by atoms with Gasteiger partial charge in [0.15, 0.2) is 0 Å². The fraction of sp³-hybridized carbons (Fsp3) is 1.00. The van der Waals surface area contributed by atoms with Gasteiger partial charge in [0, 0.05) is 19.1 Å². The molecule has 2 nitrogen and oxygen atoms in total. The summed E-state index contributed by atoms with van der Waals surface area (Å²) in [4.78, 5) is 2.70. The van der Waals surface area contributed by atoms with Crippen molar-refractivity contribution >= 4 is 0 Å². The third-order valence-electron chi connectivity index (χ3n) is 3.99. The fourth-order valence-corrected chi connectivity index (χ4v) is 2.65. The summed E-state index contributed by atoms with van der Waals surface area (Å²) in [7, 11) is 0. The molecule has 0 bridgehead atoms. The molecule has 2 N–H and O–H groups in total. The Hall–Kier alpha value is -0.0800. The third-order valence-corrected chi connectivity index (χ3v) is 3.99. The normalized spacial score (nSPS) is 18.8. The van der Waals surface area contributed by atoms with Gasteiger partial charge in [-0.05, 0) is 43.6 Å². The van der Waals surface area contributed by atoms with Gasteiger partial charge >= 0.3 is 0 Å². The summed E-state index contributed by atoms with van der Waals surface area (Å²) in [5.74, 6) is 0.758. The molecule has 1 saturated carbocycles. The molecule has 0 unspecified atom stereocenters. The van der Waals surface area contributed by atoms with Gasteiger partial charge in [0.25, 0.3) is 0 Å². The van der Waals surface area contributed by atoms with Gasteiger partial charge in [-0.1, -0.05) is 27.7 Å². The zero-order valence-corrected chi connectivity index (χ0v) is 11.6. The molecule has 96 valence electrons. The van der Waals surface area contributed by atoms with Crippen molar-refractivity contribution in [3.8, 4) is 0 Å². The van der Waals surface area contributed by atoms with Gasteiger partial charge in [0.05, 0.1) is 0 Å². The number of hydrogen-bond donors (Lipinski definition) is 1. The van der Waals surface area contributed by atoms with Crippen LogP contribution in [0, 0.1) is 11.3 Å². The standard InChI is InChI=1S/C14H30N2/c1-5-13(6-2)16(9-12(3)4)11-14(10-15)7-8-14/h12-13H,5-11,15H2,1-4H3. The molecule has 2 heteroatoms. The van der Waals surface area contributed by atoms with Crippen molar-refractivity contribution in [2.24, 2.45) is 17.1 Å². The molecule has 0 aromatic heterocycles. The van der Waals surface area contributed by atoms with E-state index in [-0.39, 0.29) is 0 Å². The van der Waals surface area contributed by atoms with Crippen molar-refractivity contribution in [3.05, 3.63) is 0 Å². The van der Waals surface area contributed by atoms with E-state index in [0.717, 1.165) is 18.5 Å². The summed E-state index contributed by atoms with van der Waals surface area (Å²) in [6.07, 6.45) is 5.23. The van der Waals surface area contributed by atoms with Gasteiger partial charge in [-0.25, -0.2) is 0 Å². The highest BCUT2D eigenvalue weighted by atomic mass is 15.2. The minimum Gasteiger partial charge on any atom is -0.330 e. The van der Waals surface area contributed by atoms with E-state index >= 15 is 0 Å². The van der Waals surface area contributed by atoms with Crippen molar-refractivity contribution < 1.29 is 0 Å². The van der Waals surface area contributed by atoms with Gasteiger partial charge in [-0.3, -0.25) is 4.90 Å². The van der Waals surface area contributed by atoms with Crippen LogP contribution in [0.3, 0.4) is 0 Å². The van der Waals surface area contributed by atoms with Crippen molar-refractivity contribution in [1.29, 1.82) is 0 Å². The number of rotatable bonds is 8. The average Bonchev–Trinajstić information content (AvgIpc) is 2.99. The summed E-state index contributed by atoms with van der Waals surface area (Å²) >= 11 is 0. The number of hydrogen-bond acceptors (Lipinski definition) is 2. The molecular formula is C14H30N2. The molecule has 0 saturated heterocycles. The fourth-order valence-electron chi connectivity index (χ4n) is 2.65. The van der Waals surface area contributed by atoms with E-state index in [4.69, 9.17) is 5.73 Å². The average molecular weight is 226 g/mol. The molecule has 0 radical (unpaired) electrons. The minimum atomic E-state index is 0.484. The predicted molar refractivity (Wildman–Crippen MR) is 71.5 cm³/mol. The van der Waals surface area contributed by atoms with Crippen LogP contribution in [0.15, 0.2) is 0 Å². The van der Waals surface area contributed by atoms with Gasteiger partial charge in [-0.2, -0.15) is 0 Å². The van der Waals surface area contributed by atoms with Crippen molar-refractivity contribution in [2.75, 3.05) is 19.6 Å². The molecule has 0 aromatic carbocycles. The Kier molecular flexibility index (Phi) is 5.26. The molecule has 1 aliphatic rings. The summed E-state index contributed by atoms with van der Waals surface area (Å²) in [6, 6.07) is 0.756. The summed E-state index contributed by atoms with van der Waals surface area (Å²) in [5, 5.41) is 0. The lowest BCUT2D eigenvalue weighted by molar-refractivity contribution is 0.135. The number of nitrogens with zero attached hydrogens (tertiary/aromatic N) is 1. The third kappa shape index (κ3) is 3.74. The van der Waals surface area contributed by atoms with E-state index in [0.29, 0.717) is 5.41 Å². The van der Waals surface area contributed by atoms with Crippen molar-refractivity contribution in [2.45, 2.75) is 59.4 Å². The molecular weight excluding hydrogens is 196 g/mol. The second-order valence-electron chi connectivity index (χ2n) is 6.00. The van der Waals surface area contributed by atoms with Gasteiger partial charge in [-0.15, -0.1) is 0 Å². The Bertz CT molecular complexity index is 193. The van der Waals surface area contributed by atoms with Crippen LogP contribution < -0.4 is 5.73 Å². The van der Waals surface area contributed by atoms with Gasteiger partial charge < -0.3 is 5.73 Å². The molecule has 1 rings (SSSR count). The first-order chi connectivity index (χ1) is 7.56. The van der Waals surface area contributed by atoms with Gasteiger partial charge in [0.1, 0.15) is 0 Å². The SMILES string of the molecule is CCC(CC)N(CC(C)C)CC1(CN)CC1. The van der Waals surface area contributed by atoms with Crippen molar-refractivity contribution in [3.63, 3.8) is 0 Å². The molecule has 1 fully saturated rings. The van der Waals surface area contributed by atoms with Crippen LogP contribution in [-0.4, -0.2) is 30.6 Å². The summed E-state index contributed by atoms with van der Waals surface area (Å²) in [6.45, 7) is 12.6. The predicted octanol–water partition coefficient (Wildman–Crippen LogP) is 2.87. The summed E-state index contributed by atoms with van der Waals surface area (Å²) in [5.41, 5.74) is 6.39. The Morgan fingerprint density at radius 1 is 1.19 bits per heavy atom. The molecule has 0 heterocycles. The molecule has 0 aliphatic heterocycles. The van der Waals surface area contributed by atoms with Crippen LogP contribution >= 0.6 is 0 Å². The zero-order chi connectivity index (χ0) is 12.2. The lowest BCUT2D eigenvalue weighted by atomic mass is 10.0. The van der Waals surface area contributed by atoms with Crippen LogP contribution in [0.1, 0.15) is 53.4 Å².